The van der Waals surface area contributed by atoms with E-state index in [4.69, 9.17) is 16.0 Å². The fraction of sp³-hybridized carbons (Fsp3) is 0.250. The van der Waals surface area contributed by atoms with E-state index in [1.165, 1.54) is 12.1 Å². The van der Waals surface area contributed by atoms with E-state index in [1.807, 2.05) is 0 Å². The lowest BCUT2D eigenvalue weighted by Gasteiger charge is -2.20. The molecule has 2 aromatic carbocycles. The third-order valence-electron chi connectivity index (χ3n) is 4.44. The van der Waals surface area contributed by atoms with Crippen molar-refractivity contribution in [3.05, 3.63) is 70.8 Å². The lowest BCUT2D eigenvalue weighted by Crippen LogP contribution is -2.34. The highest BCUT2D eigenvalue weighted by Gasteiger charge is 2.33. The molecule has 1 aromatic heterocycles. The van der Waals surface area contributed by atoms with Crippen molar-refractivity contribution >= 4 is 17.5 Å². The number of halogens is 2. The van der Waals surface area contributed by atoms with Gasteiger partial charge < -0.3 is 9.32 Å². The number of rotatable bonds is 6. The highest BCUT2D eigenvalue weighted by atomic mass is 35.5. The molecule has 1 heterocycles. The minimum absolute atomic E-state index is 0.0321. The molecule has 1 aliphatic rings. The number of nitrogens with zero attached hydrogens (tertiary/aromatic N) is 3. The minimum Gasteiger partial charge on any atom is -0.419 e. The van der Waals surface area contributed by atoms with Gasteiger partial charge in [-0.25, -0.2) is 4.39 Å². The van der Waals surface area contributed by atoms with E-state index in [1.54, 1.807) is 41.3 Å². The third-order valence-corrected chi connectivity index (χ3v) is 4.69. The van der Waals surface area contributed by atoms with Crippen LogP contribution in [0.4, 0.5) is 4.39 Å². The standard InChI is InChI=1S/C20H17ClFN3O2/c21-15-5-3-14(4-6-15)20-24-23-18(27-20)12-25(17-9-10-17)19(26)11-13-1-7-16(22)8-2-13/h1-8,17H,9-12H2. The lowest BCUT2D eigenvalue weighted by molar-refractivity contribution is -0.132. The summed E-state index contributed by atoms with van der Waals surface area (Å²) in [6.07, 6.45) is 2.15. The summed E-state index contributed by atoms with van der Waals surface area (Å²) < 4.78 is 18.8. The predicted octanol–water partition coefficient (Wildman–Crippen LogP) is 4.26. The zero-order valence-electron chi connectivity index (χ0n) is 14.4. The van der Waals surface area contributed by atoms with Crippen molar-refractivity contribution in [1.82, 2.24) is 15.1 Å². The molecular formula is C20H17ClFN3O2. The smallest absolute Gasteiger partial charge is 0.247 e. The van der Waals surface area contributed by atoms with Crippen LogP contribution in [0.15, 0.2) is 52.9 Å². The van der Waals surface area contributed by atoms with E-state index in [0.29, 0.717) is 16.8 Å². The summed E-state index contributed by atoms with van der Waals surface area (Å²) in [4.78, 5) is 14.5. The fourth-order valence-electron chi connectivity index (χ4n) is 2.86. The largest absolute Gasteiger partial charge is 0.419 e. The van der Waals surface area contributed by atoms with Gasteiger partial charge >= 0.3 is 0 Å². The van der Waals surface area contributed by atoms with Crippen LogP contribution in [0.5, 0.6) is 0 Å². The van der Waals surface area contributed by atoms with Crippen molar-refractivity contribution in [2.75, 3.05) is 0 Å². The Kier molecular flexibility index (Phi) is 4.90. The predicted molar refractivity (Wildman–Crippen MR) is 98.4 cm³/mol. The van der Waals surface area contributed by atoms with E-state index in [9.17, 15) is 9.18 Å². The lowest BCUT2D eigenvalue weighted by atomic mass is 10.1. The third kappa shape index (κ3) is 4.34. The zero-order valence-corrected chi connectivity index (χ0v) is 15.2. The second-order valence-electron chi connectivity index (χ2n) is 6.56. The molecule has 7 heteroatoms. The summed E-state index contributed by atoms with van der Waals surface area (Å²) in [5.41, 5.74) is 1.55. The number of carbonyl (C=O) groups excluding carboxylic acids is 1. The molecule has 1 aliphatic carbocycles. The van der Waals surface area contributed by atoms with Gasteiger partial charge in [0.05, 0.1) is 13.0 Å². The summed E-state index contributed by atoms with van der Waals surface area (Å²) >= 11 is 5.89. The van der Waals surface area contributed by atoms with Crippen LogP contribution in [0.2, 0.25) is 5.02 Å². The van der Waals surface area contributed by atoms with Gasteiger partial charge in [0, 0.05) is 16.6 Å². The molecule has 27 heavy (non-hydrogen) atoms. The van der Waals surface area contributed by atoms with Crippen LogP contribution in [-0.2, 0) is 17.8 Å². The number of benzene rings is 2. The van der Waals surface area contributed by atoms with Gasteiger partial charge in [0.2, 0.25) is 17.7 Å². The first kappa shape index (κ1) is 17.7. The maximum Gasteiger partial charge on any atom is 0.247 e. The molecule has 1 saturated carbocycles. The summed E-state index contributed by atoms with van der Waals surface area (Å²) in [5.74, 6) is 0.434. The highest BCUT2D eigenvalue weighted by Crippen LogP contribution is 2.29. The molecule has 0 atom stereocenters. The Hall–Kier alpha value is -2.73. The maximum atomic E-state index is 13.0. The Morgan fingerprint density at radius 1 is 1.11 bits per heavy atom. The van der Waals surface area contributed by atoms with Crippen molar-refractivity contribution < 1.29 is 13.6 Å². The van der Waals surface area contributed by atoms with E-state index in [2.05, 4.69) is 10.2 Å². The van der Waals surface area contributed by atoms with Crippen molar-refractivity contribution in [2.45, 2.75) is 31.8 Å². The Balaban J connectivity index is 1.46. The van der Waals surface area contributed by atoms with Gasteiger partial charge in [-0.05, 0) is 54.8 Å². The van der Waals surface area contributed by atoms with Crippen LogP contribution in [0, 0.1) is 5.82 Å². The molecule has 1 fully saturated rings. The van der Waals surface area contributed by atoms with Crippen molar-refractivity contribution in [3.8, 4) is 11.5 Å². The Labute approximate surface area is 160 Å². The molecule has 5 nitrogen and oxygen atoms in total. The quantitative estimate of drug-likeness (QED) is 0.636. The molecule has 0 aliphatic heterocycles. The topological polar surface area (TPSA) is 59.2 Å². The van der Waals surface area contributed by atoms with E-state index in [-0.39, 0.29) is 30.7 Å². The summed E-state index contributed by atoms with van der Waals surface area (Å²) in [7, 11) is 0. The van der Waals surface area contributed by atoms with Gasteiger partial charge in [-0.1, -0.05) is 23.7 Å². The van der Waals surface area contributed by atoms with Crippen molar-refractivity contribution in [1.29, 1.82) is 0 Å². The van der Waals surface area contributed by atoms with Gasteiger partial charge in [0.25, 0.3) is 0 Å². The van der Waals surface area contributed by atoms with Gasteiger partial charge in [-0.2, -0.15) is 0 Å². The normalized spacial score (nSPS) is 13.6. The van der Waals surface area contributed by atoms with Crippen LogP contribution >= 0.6 is 11.6 Å². The number of aromatic nitrogens is 2. The Bertz CT molecular complexity index is 937. The first-order valence-electron chi connectivity index (χ1n) is 8.71. The zero-order chi connectivity index (χ0) is 18.8. The summed E-state index contributed by atoms with van der Waals surface area (Å²) in [6, 6.07) is 13.3. The number of hydrogen-bond donors (Lipinski definition) is 0. The Morgan fingerprint density at radius 2 is 1.81 bits per heavy atom. The number of hydrogen-bond acceptors (Lipinski definition) is 4. The first-order valence-corrected chi connectivity index (χ1v) is 9.08. The van der Waals surface area contributed by atoms with Gasteiger partial charge in [0.1, 0.15) is 5.82 Å². The van der Waals surface area contributed by atoms with Crippen LogP contribution in [0.25, 0.3) is 11.5 Å². The highest BCUT2D eigenvalue weighted by molar-refractivity contribution is 6.30. The second kappa shape index (κ2) is 7.48. The second-order valence-corrected chi connectivity index (χ2v) is 7.00. The van der Waals surface area contributed by atoms with Gasteiger partial charge in [0.15, 0.2) is 0 Å². The Morgan fingerprint density at radius 3 is 2.48 bits per heavy atom. The molecule has 0 unspecified atom stereocenters. The summed E-state index contributed by atoms with van der Waals surface area (Å²) in [5, 5.41) is 8.76. The van der Waals surface area contributed by atoms with Crippen LogP contribution < -0.4 is 0 Å². The first-order chi connectivity index (χ1) is 13.1. The van der Waals surface area contributed by atoms with Crippen molar-refractivity contribution in [3.63, 3.8) is 0 Å². The number of carbonyl (C=O) groups is 1. The molecule has 0 spiro atoms. The molecule has 4 rings (SSSR count). The molecular weight excluding hydrogens is 369 g/mol. The van der Waals surface area contributed by atoms with Crippen LogP contribution in [-0.4, -0.2) is 27.0 Å². The molecule has 0 N–H and O–H groups in total. The van der Waals surface area contributed by atoms with E-state index >= 15 is 0 Å². The molecule has 0 bridgehead atoms. The fourth-order valence-corrected chi connectivity index (χ4v) is 2.98. The molecule has 1 amide bonds. The number of amides is 1. The van der Waals surface area contributed by atoms with Gasteiger partial charge in [-0.15, -0.1) is 10.2 Å². The maximum absolute atomic E-state index is 13.0. The van der Waals surface area contributed by atoms with Crippen LogP contribution in [0.3, 0.4) is 0 Å². The van der Waals surface area contributed by atoms with Crippen molar-refractivity contribution in [2.24, 2.45) is 0 Å². The van der Waals surface area contributed by atoms with E-state index < -0.39 is 0 Å². The average molecular weight is 386 g/mol. The van der Waals surface area contributed by atoms with Crippen LogP contribution in [0.1, 0.15) is 24.3 Å². The average Bonchev–Trinajstić information content (AvgIpc) is 3.40. The molecule has 0 radical (unpaired) electrons. The monoisotopic (exact) mass is 385 g/mol. The molecule has 3 aromatic rings. The van der Waals surface area contributed by atoms with Gasteiger partial charge in [-0.3, -0.25) is 4.79 Å². The van der Waals surface area contributed by atoms with E-state index in [0.717, 1.165) is 24.0 Å². The molecule has 138 valence electrons. The molecule has 0 saturated heterocycles. The SMILES string of the molecule is O=C(Cc1ccc(F)cc1)N(Cc1nnc(-c2ccc(Cl)cc2)o1)C1CC1. The minimum atomic E-state index is -0.314. The summed E-state index contributed by atoms with van der Waals surface area (Å²) in [6.45, 7) is 0.269.